The van der Waals surface area contributed by atoms with E-state index < -0.39 is 0 Å². The highest BCUT2D eigenvalue weighted by atomic mass is 15.2. The molecule has 2 heteroatoms. The largest absolute Gasteiger partial charge is 0.314 e. The molecule has 1 aliphatic heterocycles. The minimum Gasteiger partial charge on any atom is -0.314 e. The van der Waals surface area contributed by atoms with Crippen LogP contribution < -0.4 is 5.32 Å². The van der Waals surface area contributed by atoms with Gasteiger partial charge >= 0.3 is 0 Å². The van der Waals surface area contributed by atoms with E-state index in [-0.39, 0.29) is 0 Å². The van der Waals surface area contributed by atoms with Gasteiger partial charge < -0.3 is 10.2 Å². The molecule has 0 spiro atoms. The van der Waals surface area contributed by atoms with Crippen LogP contribution in [-0.2, 0) is 0 Å². The SMILES string of the molecule is CCNC1CCCC(N2CCCC(CC)CC2)C1. The topological polar surface area (TPSA) is 15.3 Å². The van der Waals surface area contributed by atoms with Crippen LogP contribution in [0.1, 0.15) is 65.2 Å². The van der Waals surface area contributed by atoms with Crippen molar-refractivity contribution in [3.8, 4) is 0 Å². The molecule has 1 saturated heterocycles. The molecule has 0 bridgehead atoms. The number of likely N-dealkylation sites (tertiary alicyclic amines) is 1. The fourth-order valence-electron chi connectivity index (χ4n) is 3.93. The molecule has 2 nitrogen and oxygen atoms in total. The van der Waals surface area contributed by atoms with Crippen molar-refractivity contribution < 1.29 is 0 Å². The van der Waals surface area contributed by atoms with Gasteiger partial charge in [-0.3, -0.25) is 0 Å². The van der Waals surface area contributed by atoms with Gasteiger partial charge in [0.15, 0.2) is 0 Å². The second-order valence-electron chi connectivity index (χ2n) is 6.32. The van der Waals surface area contributed by atoms with Gasteiger partial charge in [0, 0.05) is 12.1 Å². The van der Waals surface area contributed by atoms with Gasteiger partial charge in [-0.05, 0) is 64.1 Å². The van der Waals surface area contributed by atoms with Gasteiger partial charge in [0.05, 0.1) is 0 Å². The summed E-state index contributed by atoms with van der Waals surface area (Å²) in [6.07, 6.45) is 11.4. The third kappa shape index (κ3) is 3.96. The Kier molecular flexibility index (Phi) is 5.97. The maximum atomic E-state index is 3.66. The van der Waals surface area contributed by atoms with E-state index in [0.29, 0.717) is 0 Å². The Balaban J connectivity index is 1.82. The van der Waals surface area contributed by atoms with Crippen LogP contribution in [0.25, 0.3) is 0 Å². The summed E-state index contributed by atoms with van der Waals surface area (Å²) in [5, 5.41) is 3.66. The molecule has 2 aliphatic rings. The Morgan fingerprint density at radius 1 is 1.00 bits per heavy atom. The van der Waals surface area contributed by atoms with Gasteiger partial charge in [-0.1, -0.05) is 26.7 Å². The van der Waals surface area contributed by atoms with Crippen molar-refractivity contribution in [1.29, 1.82) is 0 Å². The number of nitrogens with one attached hydrogen (secondary N) is 1. The first-order valence-electron chi connectivity index (χ1n) is 8.30. The molecule has 0 aromatic carbocycles. The highest BCUT2D eigenvalue weighted by molar-refractivity contribution is 4.85. The lowest BCUT2D eigenvalue weighted by molar-refractivity contribution is 0.142. The lowest BCUT2D eigenvalue weighted by Gasteiger charge is -2.37. The summed E-state index contributed by atoms with van der Waals surface area (Å²) in [5.74, 6) is 1.00. The monoisotopic (exact) mass is 252 g/mol. The van der Waals surface area contributed by atoms with Gasteiger partial charge in [-0.15, -0.1) is 0 Å². The Morgan fingerprint density at radius 3 is 2.67 bits per heavy atom. The van der Waals surface area contributed by atoms with Gasteiger partial charge in [-0.2, -0.15) is 0 Å². The zero-order valence-corrected chi connectivity index (χ0v) is 12.5. The standard InChI is InChI=1S/C16H32N2/c1-3-14-7-6-11-18(12-10-14)16-9-5-8-15(13-16)17-4-2/h14-17H,3-13H2,1-2H3. The molecule has 2 rings (SSSR count). The molecule has 0 amide bonds. The van der Waals surface area contributed by atoms with Gasteiger partial charge in [-0.25, -0.2) is 0 Å². The average molecular weight is 252 g/mol. The molecule has 2 fully saturated rings. The van der Waals surface area contributed by atoms with Crippen LogP contribution in [0.15, 0.2) is 0 Å². The molecule has 1 aliphatic carbocycles. The van der Waals surface area contributed by atoms with Gasteiger partial charge in [0.1, 0.15) is 0 Å². The molecule has 1 N–H and O–H groups in total. The first kappa shape index (κ1) is 14.3. The molecule has 0 aromatic rings. The maximum Gasteiger partial charge on any atom is 0.0110 e. The zero-order valence-electron chi connectivity index (χ0n) is 12.5. The molecule has 0 aromatic heterocycles. The second-order valence-corrected chi connectivity index (χ2v) is 6.32. The van der Waals surface area contributed by atoms with Crippen LogP contribution in [0, 0.1) is 5.92 Å². The highest BCUT2D eigenvalue weighted by Gasteiger charge is 2.27. The molecule has 3 atom stereocenters. The van der Waals surface area contributed by atoms with E-state index in [2.05, 4.69) is 24.1 Å². The fraction of sp³-hybridized carbons (Fsp3) is 1.00. The number of nitrogens with zero attached hydrogens (tertiary/aromatic N) is 1. The van der Waals surface area contributed by atoms with E-state index >= 15 is 0 Å². The van der Waals surface area contributed by atoms with Crippen molar-refractivity contribution in [2.75, 3.05) is 19.6 Å². The van der Waals surface area contributed by atoms with E-state index in [0.717, 1.165) is 24.5 Å². The molecular formula is C16H32N2. The van der Waals surface area contributed by atoms with Crippen molar-refractivity contribution >= 4 is 0 Å². The average Bonchev–Trinajstić information content (AvgIpc) is 2.65. The van der Waals surface area contributed by atoms with Gasteiger partial charge in [0.2, 0.25) is 0 Å². The summed E-state index contributed by atoms with van der Waals surface area (Å²) < 4.78 is 0. The molecular weight excluding hydrogens is 220 g/mol. The summed E-state index contributed by atoms with van der Waals surface area (Å²) in [4.78, 5) is 2.82. The number of hydrogen-bond donors (Lipinski definition) is 1. The van der Waals surface area contributed by atoms with Crippen molar-refractivity contribution in [2.24, 2.45) is 5.92 Å². The van der Waals surface area contributed by atoms with Crippen molar-refractivity contribution in [2.45, 2.75) is 77.3 Å². The van der Waals surface area contributed by atoms with Crippen molar-refractivity contribution in [3.63, 3.8) is 0 Å². The summed E-state index contributed by atoms with van der Waals surface area (Å²) in [7, 11) is 0. The molecule has 106 valence electrons. The second kappa shape index (κ2) is 7.49. The quantitative estimate of drug-likeness (QED) is 0.825. The fourth-order valence-corrected chi connectivity index (χ4v) is 3.93. The van der Waals surface area contributed by atoms with Crippen LogP contribution >= 0.6 is 0 Å². The third-order valence-electron chi connectivity index (χ3n) is 5.12. The van der Waals surface area contributed by atoms with Crippen molar-refractivity contribution in [1.82, 2.24) is 10.2 Å². The molecule has 0 radical (unpaired) electrons. The predicted molar refractivity (Wildman–Crippen MR) is 78.9 cm³/mol. The predicted octanol–water partition coefficient (Wildman–Crippen LogP) is 3.42. The molecule has 18 heavy (non-hydrogen) atoms. The van der Waals surface area contributed by atoms with Gasteiger partial charge in [0.25, 0.3) is 0 Å². The molecule has 1 heterocycles. The van der Waals surface area contributed by atoms with Crippen molar-refractivity contribution in [3.05, 3.63) is 0 Å². The molecule has 3 unspecified atom stereocenters. The van der Waals surface area contributed by atoms with Crippen LogP contribution in [0.5, 0.6) is 0 Å². The summed E-state index contributed by atoms with van der Waals surface area (Å²) >= 11 is 0. The van der Waals surface area contributed by atoms with Crippen LogP contribution in [0.3, 0.4) is 0 Å². The summed E-state index contributed by atoms with van der Waals surface area (Å²) in [5.41, 5.74) is 0. The first-order valence-corrected chi connectivity index (χ1v) is 8.30. The lowest BCUT2D eigenvalue weighted by atomic mass is 9.89. The minimum atomic E-state index is 0.791. The Morgan fingerprint density at radius 2 is 1.89 bits per heavy atom. The zero-order chi connectivity index (χ0) is 12.8. The smallest absolute Gasteiger partial charge is 0.0110 e. The normalized spacial score (nSPS) is 35.3. The van der Waals surface area contributed by atoms with E-state index in [1.807, 2.05) is 0 Å². The number of hydrogen-bond acceptors (Lipinski definition) is 2. The van der Waals surface area contributed by atoms with Crippen LogP contribution in [-0.4, -0.2) is 36.6 Å². The van der Waals surface area contributed by atoms with E-state index in [1.165, 1.54) is 64.5 Å². The first-order chi connectivity index (χ1) is 8.83. The Bertz CT molecular complexity index is 227. The maximum absolute atomic E-state index is 3.66. The van der Waals surface area contributed by atoms with Crippen LogP contribution in [0.2, 0.25) is 0 Å². The lowest BCUT2D eigenvalue weighted by Crippen LogP contribution is -2.44. The van der Waals surface area contributed by atoms with E-state index in [4.69, 9.17) is 0 Å². The molecule has 1 saturated carbocycles. The summed E-state index contributed by atoms with van der Waals surface area (Å²) in [6.45, 7) is 8.46. The Hall–Kier alpha value is -0.0800. The minimum absolute atomic E-state index is 0.791. The third-order valence-corrected chi connectivity index (χ3v) is 5.12. The van der Waals surface area contributed by atoms with E-state index in [9.17, 15) is 0 Å². The van der Waals surface area contributed by atoms with E-state index in [1.54, 1.807) is 0 Å². The Labute approximate surface area is 114 Å². The van der Waals surface area contributed by atoms with Crippen LogP contribution in [0.4, 0.5) is 0 Å². The summed E-state index contributed by atoms with van der Waals surface area (Å²) in [6, 6.07) is 1.66. The highest BCUT2D eigenvalue weighted by Crippen LogP contribution is 2.27. The number of rotatable bonds is 4.